The highest BCUT2D eigenvalue weighted by Gasteiger charge is 2.13. The van der Waals surface area contributed by atoms with Gasteiger partial charge in [-0.3, -0.25) is 0 Å². The summed E-state index contributed by atoms with van der Waals surface area (Å²) in [6.07, 6.45) is 0. The van der Waals surface area contributed by atoms with Gasteiger partial charge in [-0.25, -0.2) is 9.37 Å². The van der Waals surface area contributed by atoms with E-state index in [9.17, 15) is 13.2 Å². The molecule has 0 atom stereocenters. The minimum Gasteiger partial charge on any atom is -0.435 e. The molecule has 3 nitrogen and oxygen atoms in total. The molecule has 1 heterocycles. The number of imidazole rings is 1. The van der Waals surface area contributed by atoms with Gasteiger partial charge in [-0.2, -0.15) is 8.78 Å². The number of hydrogen-bond donors (Lipinski definition) is 1. The SMILES string of the molecule is Fc1ccc(OC(F)F)cc1-c1nc2ccccc2[nH]1. The van der Waals surface area contributed by atoms with Crippen molar-refractivity contribution >= 4 is 11.0 Å². The van der Waals surface area contributed by atoms with Crippen LogP contribution in [0.3, 0.4) is 0 Å². The van der Waals surface area contributed by atoms with E-state index in [1.807, 2.05) is 6.07 Å². The summed E-state index contributed by atoms with van der Waals surface area (Å²) in [5, 5.41) is 0. The van der Waals surface area contributed by atoms with E-state index in [0.717, 1.165) is 17.6 Å². The van der Waals surface area contributed by atoms with Crippen LogP contribution in [-0.2, 0) is 0 Å². The van der Waals surface area contributed by atoms with E-state index in [4.69, 9.17) is 0 Å². The molecule has 0 bridgehead atoms. The van der Waals surface area contributed by atoms with Gasteiger partial charge in [0.15, 0.2) is 0 Å². The Bertz CT molecular complexity index is 722. The molecule has 20 heavy (non-hydrogen) atoms. The molecule has 3 aromatic rings. The molecule has 0 saturated heterocycles. The second-order valence-electron chi connectivity index (χ2n) is 4.12. The molecule has 0 aliphatic carbocycles. The molecule has 102 valence electrons. The van der Waals surface area contributed by atoms with Gasteiger partial charge in [-0.05, 0) is 30.3 Å². The topological polar surface area (TPSA) is 37.9 Å². The van der Waals surface area contributed by atoms with Gasteiger partial charge in [0, 0.05) is 0 Å². The highest BCUT2D eigenvalue weighted by Crippen LogP contribution is 2.27. The third-order valence-electron chi connectivity index (χ3n) is 2.81. The number of aromatic amines is 1. The monoisotopic (exact) mass is 278 g/mol. The number of fused-ring (bicyclic) bond motifs is 1. The molecule has 0 radical (unpaired) electrons. The lowest BCUT2D eigenvalue weighted by Crippen LogP contribution is -2.02. The van der Waals surface area contributed by atoms with E-state index in [-0.39, 0.29) is 17.1 Å². The lowest BCUT2D eigenvalue weighted by molar-refractivity contribution is -0.0498. The first kappa shape index (κ1) is 12.5. The summed E-state index contributed by atoms with van der Waals surface area (Å²) >= 11 is 0. The Balaban J connectivity index is 2.07. The third-order valence-corrected chi connectivity index (χ3v) is 2.81. The summed E-state index contributed by atoms with van der Waals surface area (Å²) in [6, 6.07) is 10.6. The van der Waals surface area contributed by atoms with Crippen LogP contribution in [0.15, 0.2) is 42.5 Å². The molecule has 3 rings (SSSR count). The second-order valence-corrected chi connectivity index (χ2v) is 4.12. The molecule has 0 unspecified atom stereocenters. The van der Waals surface area contributed by atoms with Crippen LogP contribution >= 0.6 is 0 Å². The van der Waals surface area contributed by atoms with Gasteiger partial charge in [0.1, 0.15) is 17.4 Å². The quantitative estimate of drug-likeness (QED) is 0.787. The molecular weight excluding hydrogens is 269 g/mol. The molecule has 0 fully saturated rings. The first-order chi connectivity index (χ1) is 9.63. The van der Waals surface area contributed by atoms with Crippen LogP contribution in [0.1, 0.15) is 0 Å². The fourth-order valence-corrected chi connectivity index (χ4v) is 1.94. The average molecular weight is 278 g/mol. The van der Waals surface area contributed by atoms with Crippen molar-refractivity contribution in [1.29, 1.82) is 0 Å². The summed E-state index contributed by atoms with van der Waals surface area (Å²) < 4.78 is 42.4. The zero-order valence-electron chi connectivity index (χ0n) is 10.1. The Morgan fingerprint density at radius 1 is 1.10 bits per heavy atom. The zero-order valence-corrected chi connectivity index (χ0v) is 10.1. The number of benzene rings is 2. The van der Waals surface area contributed by atoms with Gasteiger partial charge in [0.2, 0.25) is 0 Å². The molecule has 6 heteroatoms. The molecule has 2 aromatic carbocycles. The number of nitrogens with zero attached hydrogens (tertiary/aromatic N) is 1. The first-order valence-electron chi connectivity index (χ1n) is 5.83. The predicted octanol–water partition coefficient (Wildman–Crippen LogP) is 3.97. The smallest absolute Gasteiger partial charge is 0.387 e. The van der Waals surface area contributed by atoms with E-state index < -0.39 is 12.4 Å². The number of para-hydroxylation sites is 2. The van der Waals surface area contributed by atoms with Gasteiger partial charge in [-0.1, -0.05) is 12.1 Å². The van der Waals surface area contributed by atoms with Crippen molar-refractivity contribution < 1.29 is 17.9 Å². The third kappa shape index (κ3) is 2.32. The normalized spacial score (nSPS) is 11.2. The molecule has 0 saturated carbocycles. The highest BCUT2D eigenvalue weighted by molar-refractivity contribution is 5.79. The van der Waals surface area contributed by atoms with E-state index in [1.54, 1.807) is 18.2 Å². The number of hydrogen-bond acceptors (Lipinski definition) is 2. The van der Waals surface area contributed by atoms with Crippen LogP contribution in [0.25, 0.3) is 22.4 Å². The minimum atomic E-state index is -2.95. The van der Waals surface area contributed by atoms with Crippen LogP contribution < -0.4 is 4.74 Å². The summed E-state index contributed by atoms with van der Waals surface area (Å²) in [5.41, 5.74) is 1.49. The van der Waals surface area contributed by atoms with Crippen LogP contribution in [0.2, 0.25) is 0 Å². The van der Waals surface area contributed by atoms with Gasteiger partial charge in [-0.15, -0.1) is 0 Å². The fraction of sp³-hybridized carbons (Fsp3) is 0.0714. The van der Waals surface area contributed by atoms with Crippen molar-refractivity contribution in [3.63, 3.8) is 0 Å². The summed E-state index contributed by atoms with van der Waals surface area (Å²) in [7, 11) is 0. The number of alkyl halides is 2. The summed E-state index contributed by atoms with van der Waals surface area (Å²) in [5.74, 6) is -0.411. The van der Waals surface area contributed by atoms with E-state index >= 15 is 0 Å². The van der Waals surface area contributed by atoms with Crippen LogP contribution in [0, 0.1) is 5.82 Å². The van der Waals surface area contributed by atoms with E-state index in [0.29, 0.717) is 5.52 Å². The summed E-state index contributed by atoms with van der Waals surface area (Å²) in [4.78, 5) is 7.16. The fourth-order valence-electron chi connectivity index (χ4n) is 1.94. The van der Waals surface area contributed by atoms with Gasteiger partial charge in [0.25, 0.3) is 0 Å². The summed E-state index contributed by atoms with van der Waals surface area (Å²) in [6.45, 7) is -2.95. The largest absolute Gasteiger partial charge is 0.435 e. The van der Waals surface area contributed by atoms with Crippen molar-refractivity contribution in [2.45, 2.75) is 6.61 Å². The molecule has 0 aliphatic heterocycles. The molecule has 0 aliphatic rings. The number of halogens is 3. The molecule has 1 N–H and O–H groups in total. The van der Waals surface area contributed by atoms with Crippen molar-refractivity contribution in [1.82, 2.24) is 9.97 Å². The van der Waals surface area contributed by atoms with Crippen LogP contribution in [-0.4, -0.2) is 16.6 Å². The zero-order chi connectivity index (χ0) is 14.1. The number of aromatic nitrogens is 2. The Morgan fingerprint density at radius 3 is 2.65 bits per heavy atom. The van der Waals surface area contributed by atoms with E-state index in [1.165, 1.54) is 6.07 Å². The highest BCUT2D eigenvalue weighted by atomic mass is 19.3. The Kier molecular flexibility index (Phi) is 3.06. The molecular formula is C14H9F3N2O. The van der Waals surface area contributed by atoms with Crippen LogP contribution in [0.5, 0.6) is 5.75 Å². The van der Waals surface area contributed by atoms with Crippen LogP contribution in [0.4, 0.5) is 13.2 Å². The molecule has 0 amide bonds. The number of rotatable bonds is 3. The first-order valence-corrected chi connectivity index (χ1v) is 5.83. The van der Waals surface area contributed by atoms with Gasteiger partial charge in [0.05, 0.1) is 16.6 Å². The second kappa shape index (κ2) is 4.88. The standard InChI is InChI=1S/C14H9F3N2O/c15-10-6-5-8(20-14(16)17)7-9(10)13-18-11-3-1-2-4-12(11)19-13/h1-7,14H,(H,18,19). The Morgan fingerprint density at radius 2 is 1.90 bits per heavy atom. The Hall–Kier alpha value is -2.50. The maximum atomic E-state index is 13.8. The van der Waals surface area contributed by atoms with Crippen molar-refractivity contribution in [2.75, 3.05) is 0 Å². The average Bonchev–Trinajstić information content (AvgIpc) is 2.84. The maximum Gasteiger partial charge on any atom is 0.387 e. The van der Waals surface area contributed by atoms with Gasteiger partial charge < -0.3 is 9.72 Å². The maximum absolute atomic E-state index is 13.8. The van der Waals surface area contributed by atoms with Crippen molar-refractivity contribution in [3.8, 4) is 17.1 Å². The van der Waals surface area contributed by atoms with Crippen molar-refractivity contribution in [2.24, 2.45) is 0 Å². The minimum absolute atomic E-state index is 0.0827. The lowest BCUT2D eigenvalue weighted by atomic mass is 10.2. The lowest BCUT2D eigenvalue weighted by Gasteiger charge is -2.06. The number of H-pyrrole nitrogens is 1. The number of nitrogens with one attached hydrogen (secondary N) is 1. The predicted molar refractivity (Wildman–Crippen MR) is 68.1 cm³/mol. The molecule has 0 spiro atoms. The number of ether oxygens (including phenoxy) is 1. The van der Waals surface area contributed by atoms with Gasteiger partial charge >= 0.3 is 6.61 Å². The molecule has 1 aromatic heterocycles. The van der Waals surface area contributed by atoms with Crippen molar-refractivity contribution in [3.05, 3.63) is 48.3 Å². The van der Waals surface area contributed by atoms with E-state index in [2.05, 4.69) is 14.7 Å². The Labute approximate surface area is 112 Å².